The predicted octanol–water partition coefficient (Wildman–Crippen LogP) is 3.27. The highest BCUT2D eigenvalue weighted by molar-refractivity contribution is 5.98. The second-order valence-corrected chi connectivity index (χ2v) is 9.90. The number of aryl methyl sites for hydroxylation is 1. The van der Waals surface area contributed by atoms with Crippen LogP contribution in [-0.4, -0.2) is 55.0 Å². The van der Waals surface area contributed by atoms with Crippen LogP contribution in [0.25, 0.3) is 10.8 Å². The van der Waals surface area contributed by atoms with Gasteiger partial charge in [0.15, 0.2) is 0 Å². The number of carbonyl (C=O) groups excluding carboxylic acids is 3. The molecule has 1 heterocycles. The molecule has 222 valence electrons. The van der Waals surface area contributed by atoms with Crippen LogP contribution in [0.2, 0.25) is 0 Å². The van der Waals surface area contributed by atoms with Gasteiger partial charge in [0.2, 0.25) is 5.91 Å². The van der Waals surface area contributed by atoms with Gasteiger partial charge in [-0.3, -0.25) is 25.2 Å². The third kappa shape index (κ3) is 8.79. The average Bonchev–Trinajstić information content (AvgIpc) is 3.27. The highest BCUT2D eigenvalue weighted by atomic mass is 35.5. The van der Waals surface area contributed by atoms with E-state index in [2.05, 4.69) is 26.4 Å². The summed E-state index contributed by atoms with van der Waals surface area (Å²) in [5.41, 5.74) is 7.57. The molecule has 11 heteroatoms. The molecule has 10 nitrogen and oxygen atoms in total. The number of amides is 3. The lowest BCUT2D eigenvalue weighted by atomic mass is 9.98. The van der Waals surface area contributed by atoms with E-state index in [1.807, 2.05) is 67.6 Å². The van der Waals surface area contributed by atoms with E-state index in [4.69, 9.17) is 5.11 Å². The molecule has 1 aliphatic rings. The largest absolute Gasteiger partial charge is 0.478 e. The molecular formula is C31H36ClN5O5. The maximum Gasteiger partial charge on any atom is 0.328 e. The van der Waals surface area contributed by atoms with Gasteiger partial charge in [0.05, 0.1) is 6.04 Å². The van der Waals surface area contributed by atoms with Crippen LogP contribution in [-0.2, 0) is 20.8 Å². The number of carboxylic acids is 1. The minimum absolute atomic E-state index is 0. The molecule has 0 aromatic heterocycles. The number of hydrogen-bond donors (Lipinski definition) is 5. The van der Waals surface area contributed by atoms with Crippen LogP contribution in [0.5, 0.6) is 0 Å². The molecule has 3 aromatic rings. The second kappa shape index (κ2) is 15.6. The Kier molecular flexibility index (Phi) is 11.9. The van der Waals surface area contributed by atoms with Gasteiger partial charge in [0.1, 0.15) is 0 Å². The molecule has 1 saturated heterocycles. The fourth-order valence-electron chi connectivity index (χ4n) is 4.91. The third-order valence-electron chi connectivity index (χ3n) is 7.00. The summed E-state index contributed by atoms with van der Waals surface area (Å²) in [6, 6.07) is 19.6. The monoisotopic (exact) mass is 593 g/mol. The SMILES string of the molecule is CC(NC(=O)c1cc(N2CCCNCC2)ccc1CCC(=O)NNC(=O)/C=C/C(=O)O)c1cccc2ccccc12.Cl. The number of carbonyl (C=O) groups is 4. The summed E-state index contributed by atoms with van der Waals surface area (Å²) in [5.74, 6) is -2.74. The number of aliphatic carboxylic acids is 1. The van der Waals surface area contributed by atoms with Crippen LogP contribution in [0.1, 0.15) is 47.3 Å². The van der Waals surface area contributed by atoms with Gasteiger partial charge in [0, 0.05) is 49.5 Å². The molecule has 3 aromatic carbocycles. The number of halogens is 1. The Bertz CT molecular complexity index is 1450. The lowest BCUT2D eigenvalue weighted by Crippen LogP contribution is -2.41. The summed E-state index contributed by atoms with van der Waals surface area (Å²) in [5, 5.41) is 17.3. The van der Waals surface area contributed by atoms with Gasteiger partial charge < -0.3 is 20.6 Å². The molecule has 1 atom stereocenters. The van der Waals surface area contributed by atoms with Crippen molar-refractivity contribution in [3.8, 4) is 0 Å². The summed E-state index contributed by atoms with van der Waals surface area (Å²) >= 11 is 0. The average molecular weight is 594 g/mol. The van der Waals surface area contributed by atoms with Crippen LogP contribution in [0.15, 0.2) is 72.8 Å². The molecule has 1 fully saturated rings. The number of hydrazine groups is 1. The predicted molar refractivity (Wildman–Crippen MR) is 165 cm³/mol. The van der Waals surface area contributed by atoms with Gasteiger partial charge in [-0.2, -0.15) is 0 Å². The quantitative estimate of drug-likeness (QED) is 0.189. The fraction of sp³-hybridized carbons (Fsp3) is 0.290. The Morgan fingerprint density at radius 1 is 0.976 bits per heavy atom. The molecule has 42 heavy (non-hydrogen) atoms. The van der Waals surface area contributed by atoms with E-state index in [9.17, 15) is 19.2 Å². The number of anilines is 1. The Hall–Kier alpha value is -4.41. The first-order valence-electron chi connectivity index (χ1n) is 13.7. The highest BCUT2D eigenvalue weighted by Crippen LogP contribution is 2.26. The topological polar surface area (TPSA) is 140 Å². The smallest absolute Gasteiger partial charge is 0.328 e. The number of benzene rings is 3. The van der Waals surface area contributed by atoms with Crippen molar-refractivity contribution in [2.24, 2.45) is 0 Å². The molecule has 0 bridgehead atoms. The highest BCUT2D eigenvalue weighted by Gasteiger charge is 2.20. The molecular weight excluding hydrogens is 558 g/mol. The molecule has 1 unspecified atom stereocenters. The maximum atomic E-state index is 13.7. The lowest BCUT2D eigenvalue weighted by molar-refractivity contribution is -0.131. The van der Waals surface area contributed by atoms with Crippen LogP contribution in [0, 0.1) is 0 Å². The van der Waals surface area contributed by atoms with Crippen molar-refractivity contribution in [3.63, 3.8) is 0 Å². The van der Waals surface area contributed by atoms with E-state index in [1.165, 1.54) is 0 Å². The van der Waals surface area contributed by atoms with Crippen molar-refractivity contribution >= 4 is 52.6 Å². The summed E-state index contributed by atoms with van der Waals surface area (Å²) in [7, 11) is 0. The molecule has 1 aliphatic heterocycles. The van der Waals surface area contributed by atoms with Crippen molar-refractivity contribution in [1.82, 2.24) is 21.5 Å². The Morgan fingerprint density at radius 3 is 2.57 bits per heavy atom. The van der Waals surface area contributed by atoms with Crippen LogP contribution in [0.3, 0.4) is 0 Å². The van der Waals surface area contributed by atoms with E-state index in [0.717, 1.165) is 60.7 Å². The fourth-order valence-corrected chi connectivity index (χ4v) is 4.91. The normalized spacial score (nSPS) is 14.0. The summed E-state index contributed by atoms with van der Waals surface area (Å²) in [6.07, 6.45) is 2.75. The number of rotatable bonds is 9. The van der Waals surface area contributed by atoms with Gasteiger partial charge in [-0.05, 0) is 60.3 Å². The zero-order chi connectivity index (χ0) is 29.2. The molecule has 0 aliphatic carbocycles. The van der Waals surface area contributed by atoms with Gasteiger partial charge in [-0.1, -0.05) is 48.5 Å². The van der Waals surface area contributed by atoms with Gasteiger partial charge in [0.25, 0.3) is 11.8 Å². The van der Waals surface area contributed by atoms with Crippen molar-refractivity contribution in [1.29, 1.82) is 0 Å². The third-order valence-corrected chi connectivity index (χ3v) is 7.00. The summed E-state index contributed by atoms with van der Waals surface area (Å²) in [4.78, 5) is 50.6. The molecule has 3 amide bonds. The first kappa shape index (κ1) is 32.1. The molecule has 5 N–H and O–H groups in total. The first-order valence-corrected chi connectivity index (χ1v) is 13.7. The van der Waals surface area contributed by atoms with E-state index in [-0.39, 0.29) is 37.2 Å². The van der Waals surface area contributed by atoms with Crippen LogP contribution in [0.4, 0.5) is 5.69 Å². The second-order valence-electron chi connectivity index (χ2n) is 9.90. The van der Waals surface area contributed by atoms with Gasteiger partial charge in [-0.25, -0.2) is 4.79 Å². The number of hydrogen-bond acceptors (Lipinski definition) is 6. The van der Waals surface area contributed by atoms with E-state index in [1.54, 1.807) is 0 Å². The Labute approximate surface area is 250 Å². The summed E-state index contributed by atoms with van der Waals surface area (Å²) < 4.78 is 0. The van der Waals surface area contributed by atoms with Crippen molar-refractivity contribution in [2.75, 3.05) is 31.1 Å². The zero-order valence-electron chi connectivity index (χ0n) is 23.4. The number of carboxylic acid groups (broad SMARTS) is 1. The van der Waals surface area contributed by atoms with Gasteiger partial charge in [-0.15, -0.1) is 12.4 Å². The van der Waals surface area contributed by atoms with Crippen LogP contribution < -0.4 is 26.4 Å². The molecule has 4 rings (SSSR count). The Morgan fingerprint density at radius 2 is 1.76 bits per heavy atom. The lowest BCUT2D eigenvalue weighted by Gasteiger charge is -2.24. The van der Waals surface area contributed by atoms with Crippen molar-refractivity contribution in [2.45, 2.75) is 32.2 Å². The number of fused-ring (bicyclic) bond motifs is 1. The minimum Gasteiger partial charge on any atom is -0.478 e. The standard InChI is InChI=1S/C31H35N5O5.ClH/c1-21(25-9-4-7-22-6-2-3-8-26(22)25)33-31(41)27-20-24(36-18-5-16-32-17-19-36)12-10-23(27)11-13-28(37)34-35-29(38)14-15-30(39)40;/h2-4,6-10,12,14-15,20-21,32H,5,11,13,16-19H2,1H3,(H,33,41)(H,34,37)(H,35,38)(H,39,40);1H/b15-14+;. The zero-order valence-corrected chi connectivity index (χ0v) is 24.2. The van der Waals surface area contributed by atoms with Crippen LogP contribution >= 0.6 is 12.4 Å². The van der Waals surface area contributed by atoms with Crippen molar-refractivity contribution < 1.29 is 24.3 Å². The van der Waals surface area contributed by atoms with Crippen molar-refractivity contribution in [3.05, 3.63) is 89.5 Å². The first-order chi connectivity index (χ1) is 19.8. The number of nitrogens with zero attached hydrogens (tertiary/aromatic N) is 1. The minimum atomic E-state index is -1.27. The van der Waals surface area contributed by atoms with Gasteiger partial charge >= 0.3 is 5.97 Å². The molecule has 0 radical (unpaired) electrons. The molecule has 0 saturated carbocycles. The number of nitrogens with one attached hydrogen (secondary N) is 4. The maximum absolute atomic E-state index is 13.7. The van der Waals surface area contributed by atoms with E-state index in [0.29, 0.717) is 17.2 Å². The van der Waals surface area contributed by atoms with E-state index >= 15 is 0 Å². The Balaban J connectivity index is 0.00000484. The van der Waals surface area contributed by atoms with E-state index < -0.39 is 17.8 Å². The molecule has 0 spiro atoms. The summed E-state index contributed by atoms with van der Waals surface area (Å²) in [6.45, 7) is 5.46.